The fourth-order valence-electron chi connectivity index (χ4n) is 3.05. The van der Waals surface area contributed by atoms with E-state index in [1.807, 2.05) is 24.3 Å². The zero-order valence-corrected chi connectivity index (χ0v) is 15.9. The molecule has 0 aliphatic rings. The topological polar surface area (TPSA) is 146 Å². The van der Waals surface area contributed by atoms with Crippen LogP contribution in [0.15, 0.2) is 43.0 Å². The first kappa shape index (κ1) is 17.6. The Labute approximate surface area is 170 Å². The van der Waals surface area contributed by atoms with E-state index < -0.39 is 36.2 Å². The number of hydrogen-bond acceptors (Lipinski definition) is 5. The predicted molar refractivity (Wildman–Crippen MR) is 108 cm³/mol. The number of aldehydes is 1. The lowest BCUT2D eigenvalue weighted by atomic mass is 10.0. The molecule has 29 heavy (non-hydrogen) atoms. The molecular weight excluding hydrogens is 372 g/mol. The highest BCUT2D eigenvalue weighted by Crippen LogP contribution is 2.19. The van der Waals surface area contributed by atoms with E-state index in [9.17, 15) is 14.4 Å². The van der Waals surface area contributed by atoms with Crippen molar-refractivity contribution in [1.82, 2.24) is 25.6 Å². The standard InChI is InChI=1S/C20H24N6O3/c1-12(10-27)25-20(29)18(6-13-8-23-17-5-3-2-4-15(13)17)26-19(28)16(21)7-14-9-22-11-24-14/h2-5,8-12,16,18,23H,6-7,21H2,1H3,(H,22,24)(H,25,29)(H,26,28)/t12?,16-,18-/m0/s1/i10D/hD. The van der Waals surface area contributed by atoms with Crippen LogP contribution < -0.4 is 16.4 Å². The van der Waals surface area contributed by atoms with E-state index in [0.717, 1.165) is 16.5 Å². The van der Waals surface area contributed by atoms with Crippen LogP contribution in [0.3, 0.4) is 0 Å². The molecule has 1 aromatic carbocycles. The number of H-pyrrole nitrogens is 2. The van der Waals surface area contributed by atoms with Gasteiger partial charge in [0.25, 0.3) is 0 Å². The van der Waals surface area contributed by atoms with E-state index >= 15 is 0 Å². The maximum absolute atomic E-state index is 12.8. The Hall–Kier alpha value is -3.46. The lowest BCUT2D eigenvalue weighted by Gasteiger charge is -2.21. The minimum Gasteiger partial charge on any atom is -0.361 e. The summed E-state index contributed by atoms with van der Waals surface area (Å²) in [4.78, 5) is 46.8. The fourth-order valence-corrected chi connectivity index (χ4v) is 3.05. The minimum atomic E-state index is -1.01. The van der Waals surface area contributed by atoms with Crippen LogP contribution >= 0.6 is 0 Å². The maximum Gasteiger partial charge on any atom is 0.243 e. The summed E-state index contributed by atoms with van der Waals surface area (Å²) >= 11 is 0. The number of imidazole rings is 1. The number of benzene rings is 1. The Morgan fingerprint density at radius 3 is 2.83 bits per heavy atom. The van der Waals surface area contributed by atoms with Crippen molar-refractivity contribution in [3.05, 3.63) is 54.2 Å². The average Bonchev–Trinajstić information content (AvgIpc) is 3.41. The Balaban J connectivity index is 1.79. The highest BCUT2D eigenvalue weighted by molar-refractivity contribution is 5.92. The van der Waals surface area contributed by atoms with Crippen molar-refractivity contribution in [2.45, 2.75) is 37.9 Å². The smallest absolute Gasteiger partial charge is 0.243 e. The molecule has 0 saturated carbocycles. The van der Waals surface area contributed by atoms with E-state index in [4.69, 9.17) is 2.78 Å². The molecular formula is C20H24N6O3. The summed E-state index contributed by atoms with van der Waals surface area (Å²) in [6.07, 6.45) is 4.19. The Kier molecular flexibility index (Phi) is 5.56. The molecule has 152 valence electrons. The number of aromatic nitrogens is 3. The van der Waals surface area contributed by atoms with Gasteiger partial charge in [-0.15, -0.1) is 0 Å². The average molecular weight is 398 g/mol. The predicted octanol–water partition coefficient (Wildman–Crippen LogP) is 0.192. The fraction of sp³-hybridized carbons (Fsp3) is 0.300. The van der Waals surface area contributed by atoms with Gasteiger partial charge in [-0.25, -0.2) is 4.98 Å². The van der Waals surface area contributed by atoms with Gasteiger partial charge in [-0.2, -0.15) is 0 Å². The molecule has 3 rings (SSSR count). The van der Waals surface area contributed by atoms with Gasteiger partial charge in [0.15, 0.2) is 0 Å². The van der Waals surface area contributed by atoms with Gasteiger partial charge in [0.05, 0.1) is 18.4 Å². The molecule has 0 bridgehead atoms. The van der Waals surface area contributed by atoms with Crippen LogP contribution in [0, 0.1) is 0 Å². The third kappa shape index (κ3) is 5.08. The lowest BCUT2D eigenvalue weighted by molar-refractivity contribution is -0.130. The largest absolute Gasteiger partial charge is 0.361 e. The SMILES string of the molecule is [2H]N[C@@H](Cc1cnc[nH]1)C(=O)N[C@@H](Cc1c[nH]c2ccccc12)C(=O)NC(C)C([2H])=O. The zero-order valence-electron chi connectivity index (χ0n) is 17.9. The van der Waals surface area contributed by atoms with E-state index in [1.54, 1.807) is 12.4 Å². The van der Waals surface area contributed by atoms with Crippen molar-refractivity contribution in [2.24, 2.45) is 5.73 Å². The van der Waals surface area contributed by atoms with Gasteiger partial charge >= 0.3 is 0 Å². The second-order valence-electron chi connectivity index (χ2n) is 6.81. The monoisotopic (exact) mass is 398 g/mol. The molecule has 9 heteroatoms. The number of fused-ring (bicyclic) bond motifs is 1. The third-order valence-electron chi connectivity index (χ3n) is 4.56. The first-order valence-corrected chi connectivity index (χ1v) is 9.19. The lowest BCUT2D eigenvalue weighted by Crippen LogP contribution is -2.54. The second kappa shape index (κ2) is 9.16. The van der Waals surface area contributed by atoms with Crippen molar-refractivity contribution in [1.29, 1.82) is 0 Å². The van der Waals surface area contributed by atoms with Crippen LogP contribution in [-0.4, -0.2) is 51.2 Å². The summed E-state index contributed by atoms with van der Waals surface area (Å²) in [5.41, 5.74) is 4.56. The summed E-state index contributed by atoms with van der Waals surface area (Å²) in [6.45, 7) is 1.41. The van der Waals surface area contributed by atoms with E-state index in [-0.39, 0.29) is 12.8 Å². The number of aromatic amines is 2. The second-order valence-corrected chi connectivity index (χ2v) is 6.81. The first-order valence-electron chi connectivity index (χ1n) is 10.2. The molecule has 2 amide bonds. The molecule has 3 atom stereocenters. The number of para-hydroxylation sites is 1. The van der Waals surface area contributed by atoms with Gasteiger partial charge in [0.2, 0.25) is 11.8 Å². The molecule has 0 aliphatic carbocycles. The summed E-state index contributed by atoms with van der Waals surface area (Å²) in [6, 6.07) is 4.62. The van der Waals surface area contributed by atoms with Crippen molar-refractivity contribution in [3.63, 3.8) is 0 Å². The molecule has 2 aromatic heterocycles. The number of nitrogens with one attached hydrogen (secondary N) is 4. The number of amides is 2. The molecule has 3 aromatic rings. The molecule has 0 spiro atoms. The summed E-state index contributed by atoms with van der Waals surface area (Å²) in [7, 11) is 0. The molecule has 0 radical (unpaired) electrons. The third-order valence-corrected chi connectivity index (χ3v) is 4.56. The molecule has 1 unspecified atom stereocenters. The van der Waals surface area contributed by atoms with Crippen molar-refractivity contribution in [3.8, 4) is 0 Å². The van der Waals surface area contributed by atoms with Crippen molar-refractivity contribution < 1.29 is 17.2 Å². The van der Waals surface area contributed by atoms with Crippen LogP contribution in [0.1, 0.15) is 19.6 Å². The molecule has 2 heterocycles. The number of nitrogens with zero attached hydrogens (tertiary/aromatic N) is 1. The van der Waals surface area contributed by atoms with Crippen molar-refractivity contribution >= 4 is 29.0 Å². The van der Waals surface area contributed by atoms with Gasteiger partial charge < -0.3 is 31.1 Å². The van der Waals surface area contributed by atoms with Gasteiger partial charge in [-0.1, -0.05) is 18.2 Å². The summed E-state index contributed by atoms with van der Waals surface area (Å²) in [5, 5.41) is 6.05. The van der Waals surface area contributed by atoms with Crippen LogP contribution in [0.25, 0.3) is 10.9 Å². The van der Waals surface area contributed by atoms with E-state index in [0.29, 0.717) is 5.69 Å². The number of carbonyl (C=O) groups excluding carboxylic acids is 3. The van der Waals surface area contributed by atoms with Gasteiger partial charge in [-0.3, -0.25) is 9.59 Å². The molecule has 0 aliphatic heterocycles. The highest BCUT2D eigenvalue weighted by Gasteiger charge is 2.26. The number of nitrogens with two attached hydrogens (primary N) is 1. The number of rotatable bonds is 10. The van der Waals surface area contributed by atoms with Crippen LogP contribution in [0.5, 0.6) is 0 Å². The van der Waals surface area contributed by atoms with Crippen LogP contribution in [-0.2, 0) is 27.2 Å². The number of carbonyl (C=O) groups is 3. The minimum absolute atomic E-state index is 0.162. The van der Waals surface area contributed by atoms with Gasteiger partial charge in [0.1, 0.15) is 15.1 Å². The Bertz CT molecular complexity index is 1050. The normalized spacial score (nSPS) is 15.1. The summed E-state index contributed by atoms with van der Waals surface area (Å²) < 4.78 is 14.7. The maximum atomic E-state index is 12.8. The van der Waals surface area contributed by atoms with E-state index in [1.165, 1.54) is 13.3 Å². The molecule has 9 nitrogen and oxygen atoms in total. The summed E-state index contributed by atoms with van der Waals surface area (Å²) in [5.74, 6) is -1.13. The molecule has 0 saturated heterocycles. The Morgan fingerprint density at radius 1 is 1.28 bits per heavy atom. The number of hydrogen-bond donors (Lipinski definition) is 5. The van der Waals surface area contributed by atoms with Crippen LogP contribution in [0.2, 0.25) is 1.41 Å². The van der Waals surface area contributed by atoms with Crippen LogP contribution in [0.4, 0.5) is 0 Å². The first-order chi connectivity index (χ1) is 14.9. The molecule has 6 N–H and O–H groups in total. The quantitative estimate of drug-likeness (QED) is 0.310. The Morgan fingerprint density at radius 2 is 2.10 bits per heavy atom. The highest BCUT2D eigenvalue weighted by atomic mass is 16.2. The van der Waals surface area contributed by atoms with E-state index in [2.05, 4.69) is 31.3 Å². The van der Waals surface area contributed by atoms with Crippen molar-refractivity contribution in [2.75, 3.05) is 0 Å². The van der Waals surface area contributed by atoms with Gasteiger partial charge in [0, 0.05) is 41.8 Å². The zero-order chi connectivity index (χ0) is 22.4. The van der Waals surface area contributed by atoms with Gasteiger partial charge in [-0.05, 0) is 18.6 Å². The molecule has 0 fully saturated rings.